The highest BCUT2D eigenvalue weighted by Crippen LogP contribution is 2.34. The van der Waals surface area contributed by atoms with Crippen molar-refractivity contribution in [3.05, 3.63) is 47.5 Å². The number of ether oxygens (including phenoxy) is 2. The molecule has 5 heteroatoms. The summed E-state index contributed by atoms with van der Waals surface area (Å²) in [6.07, 6.45) is 0. The number of para-hydroxylation sites is 1. The summed E-state index contributed by atoms with van der Waals surface area (Å²) in [5.41, 5.74) is 4.26. The minimum Gasteiger partial charge on any atom is -0.454 e. The van der Waals surface area contributed by atoms with Crippen LogP contribution in [0.3, 0.4) is 0 Å². The van der Waals surface area contributed by atoms with Crippen molar-refractivity contribution in [2.45, 2.75) is 13.5 Å². The van der Waals surface area contributed by atoms with Gasteiger partial charge in [-0.2, -0.15) is 0 Å². The molecule has 1 aliphatic rings. The van der Waals surface area contributed by atoms with E-state index in [1.807, 2.05) is 41.1 Å². The fourth-order valence-corrected chi connectivity index (χ4v) is 2.45. The third-order valence-corrected chi connectivity index (χ3v) is 3.57. The maximum atomic E-state index is 5.43. The molecular weight excluding hydrogens is 254 g/mol. The first-order valence-electron chi connectivity index (χ1n) is 6.48. The molecule has 0 atom stereocenters. The van der Waals surface area contributed by atoms with Gasteiger partial charge in [-0.05, 0) is 42.3 Å². The number of aromatic nitrogens is 3. The maximum absolute atomic E-state index is 5.43. The van der Waals surface area contributed by atoms with Gasteiger partial charge in [0.15, 0.2) is 11.5 Å². The van der Waals surface area contributed by atoms with Crippen molar-refractivity contribution in [3.8, 4) is 11.5 Å². The lowest BCUT2D eigenvalue weighted by Gasteiger charge is -2.08. The molecule has 0 bridgehead atoms. The SMILES string of the molecule is Cc1cc2c(cc1Cn1nnc3ccccc31)OCO2. The molecule has 20 heavy (non-hydrogen) atoms. The number of aryl methyl sites for hydroxylation is 1. The first-order valence-corrected chi connectivity index (χ1v) is 6.48. The lowest BCUT2D eigenvalue weighted by Crippen LogP contribution is -2.03. The van der Waals surface area contributed by atoms with Gasteiger partial charge < -0.3 is 9.47 Å². The molecule has 0 saturated carbocycles. The van der Waals surface area contributed by atoms with Crippen molar-refractivity contribution in [3.63, 3.8) is 0 Å². The smallest absolute Gasteiger partial charge is 0.231 e. The molecule has 4 rings (SSSR count). The van der Waals surface area contributed by atoms with E-state index in [1.54, 1.807) is 0 Å². The van der Waals surface area contributed by atoms with E-state index in [9.17, 15) is 0 Å². The molecule has 5 nitrogen and oxygen atoms in total. The lowest BCUT2D eigenvalue weighted by atomic mass is 10.1. The Balaban J connectivity index is 1.76. The average molecular weight is 267 g/mol. The number of hydrogen-bond acceptors (Lipinski definition) is 4. The van der Waals surface area contributed by atoms with Crippen LogP contribution >= 0.6 is 0 Å². The van der Waals surface area contributed by atoms with E-state index in [0.717, 1.165) is 33.7 Å². The lowest BCUT2D eigenvalue weighted by molar-refractivity contribution is 0.174. The zero-order valence-electron chi connectivity index (χ0n) is 11.0. The molecule has 0 aliphatic carbocycles. The summed E-state index contributed by atoms with van der Waals surface area (Å²) >= 11 is 0. The average Bonchev–Trinajstić information content (AvgIpc) is 3.06. The van der Waals surface area contributed by atoms with Gasteiger partial charge in [0.1, 0.15) is 5.52 Å². The van der Waals surface area contributed by atoms with Gasteiger partial charge in [0, 0.05) is 0 Å². The van der Waals surface area contributed by atoms with Gasteiger partial charge in [0.05, 0.1) is 12.1 Å². The molecule has 0 unspecified atom stereocenters. The van der Waals surface area contributed by atoms with E-state index in [4.69, 9.17) is 9.47 Å². The van der Waals surface area contributed by atoms with E-state index < -0.39 is 0 Å². The van der Waals surface area contributed by atoms with Crippen LogP contribution in [0.25, 0.3) is 11.0 Å². The number of fused-ring (bicyclic) bond motifs is 2. The van der Waals surface area contributed by atoms with Gasteiger partial charge in [-0.15, -0.1) is 5.10 Å². The first kappa shape index (κ1) is 11.3. The minimum absolute atomic E-state index is 0.296. The Morgan fingerprint density at radius 1 is 1.15 bits per heavy atom. The summed E-state index contributed by atoms with van der Waals surface area (Å²) in [5, 5.41) is 8.39. The van der Waals surface area contributed by atoms with Crippen LogP contribution < -0.4 is 9.47 Å². The predicted octanol–water partition coefficient (Wildman–Crippen LogP) is 2.52. The Morgan fingerprint density at radius 2 is 1.95 bits per heavy atom. The van der Waals surface area contributed by atoms with Gasteiger partial charge in [-0.25, -0.2) is 4.68 Å². The molecule has 1 aromatic heterocycles. The molecule has 0 amide bonds. The monoisotopic (exact) mass is 267 g/mol. The Morgan fingerprint density at radius 3 is 2.85 bits per heavy atom. The van der Waals surface area contributed by atoms with Crippen LogP contribution in [0.4, 0.5) is 0 Å². The molecule has 0 fully saturated rings. The summed E-state index contributed by atoms with van der Waals surface area (Å²) < 4.78 is 12.7. The summed E-state index contributed by atoms with van der Waals surface area (Å²) in [7, 11) is 0. The number of rotatable bonds is 2. The second-order valence-electron chi connectivity index (χ2n) is 4.87. The first-order chi connectivity index (χ1) is 9.81. The molecule has 0 spiro atoms. The fraction of sp³-hybridized carbons (Fsp3) is 0.200. The molecule has 100 valence electrons. The van der Waals surface area contributed by atoms with Crippen molar-refractivity contribution in [2.24, 2.45) is 0 Å². The van der Waals surface area contributed by atoms with Gasteiger partial charge in [-0.3, -0.25) is 0 Å². The second kappa shape index (κ2) is 4.23. The number of benzene rings is 2. The minimum atomic E-state index is 0.296. The van der Waals surface area contributed by atoms with E-state index >= 15 is 0 Å². The van der Waals surface area contributed by atoms with Crippen molar-refractivity contribution >= 4 is 11.0 Å². The van der Waals surface area contributed by atoms with Gasteiger partial charge >= 0.3 is 0 Å². The highest BCUT2D eigenvalue weighted by molar-refractivity contribution is 5.74. The molecule has 2 heterocycles. The van der Waals surface area contributed by atoms with Gasteiger partial charge in [0.2, 0.25) is 6.79 Å². The van der Waals surface area contributed by atoms with Crippen LogP contribution in [0.5, 0.6) is 11.5 Å². The highest BCUT2D eigenvalue weighted by Gasteiger charge is 2.16. The van der Waals surface area contributed by atoms with Crippen LogP contribution in [-0.2, 0) is 6.54 Å². The second-order valence-corrected chi connectivity index (χ2v) is 4.87. The van der Waals surface area contributed by atoms with Crippen molar-refractivity contribution in [1.82, 2.24) is 15.0 Å². The van der Waals surface area contributed by atoms with E-state index in [2.05, 4.69) is 17.2 Å². The Labute approximate surface area is 115 Å². The Hall–Kier alpha value is -2.56. The highest BCUT2D eigenvalue weighted by atomic mass is 16.7. The zero-order valence-corrected chi connectivity index (χ0v) is 11.0. The van der Waals surface area contributed by atoms with E-state index in [1.165, 1.54) is 0 Å². The van der Waals surface area contributed by atoms with Crippen molar-refractivity contribution in [2.75, 3.05) is 6.79 Å². The quantitative estimate of drug-likeness (QED) is 0.716. The third-order valence-electron chi connectivity index (χ3n) is 3.57. The van der Waals surface area contributed by atoms with E-state index in [0.29, 0.717) is 13.3 Å². The molecule has 2 aromatic carbocycles. The topological polar surface area (TPSA) is 49.2 Å². The van der Waals surface area contributed by atoms with Crippen LogP contribution in [-0.4, -0.2) is 21.8 Å². The molecule has 0 saturated heterocycles. The normalized spacial score (nSPS) is 13.1. The molecule has 3 aromatic rings. The van der Waals surface area contributed by atoms with Gasteiger partial charge in [0.25, 0.3) is 0 Å². The molecule has 0 N–H and O–H groups in total. The maximum Gasteiger partial charge on any atom is 0.231 e. The molecular formula is C15H13N3O2. The van der Waals surface area contributed by atoms with Crippen LogP contribution in [0.2, 0.25) is 0 Å². The molecule has 1 aliphatic heterocycles. The summed E-state index contributed by atoms with van der Waals surface area (Å²) in [6.45, 7) is 3.03. The molecule has 0 radical (unpaired) electrons. The number of nitrogens with zero attached hydrogens (tertiary/aromatic N) is 3. The van der Waals surface area contributed by atoms with Crippen molar-refractivity contribution in [1.29, 1.82) is 0 Å². The third kappa shape index (κ3) is 1.71. The zero-order chi connectivity index (χ0) is 13.5. The summed E-state index contributed by atoms with van der Waals surface area (Å²) in [4.78, 5) is 0. The summed E-state index contributed by atoms with van der Waals surface area (Å²) in [6, 6.07) is 12.0. The van der Waals surface area contributed by atoms with Crippen LogP contribution in [0.1, 0.15) is 11.1 Å². The predicted molar refractivity (Wildman–Crippen MR) is 73.9 cm³/mol. The van der Waals surface area contributed by atoms with Gasteiger partial charge in [-0.1, -0.05) is 17.3 Å². The summed E-state index contributed by atoms with van der Waals surface area (Å²) in [5.74, 6) is 1.62. The largest absolute Gasteiger partial charge is 0.454 e. The Kier molecular flexibility index (Phi) is 2.39. The van der Waals surface area contributed by atoms with Crippen LogP contribution in [0, 0.1) is 6.92 Å². The number of hydrogen-bond donors (Lipinski definition) is 0. The van der Waals surface area contributed by atoms with Crippen LogP contribution in [0.15, 0.2) is 36.4 Å². The van der Waals surface area contributed by atoms with Crippen molar-refractivity contribution < 1.29 is 9.47 Å². The Bertz CT molecular complexity index is 795. The van der Waals surface area contributed by atoms with E-state index in [-0.39, 0.29) is 0 Å². The standard InChI is InChI=1S/C15H13N3O2/c1-10-6-14-15(20-9-19-14)7-11(10)8-18-13-5-3-2-4-12(13)16-17-18/h2-7H,8-9H2,1H3. The fourth-order valence-electron chi connectivity index (χ4n) is 2.45.